The predicted molar refractivity (Wildman–Crippen MR) is 106 cm³/mol. The molecule has 0 bridgehead atoms. The van der Waals surface area contributed by atoms with Gasteiger partial charge in [-0.05, 0) is 60.2 Å². The van der Waals surface area contributed by atoms with Crippen LogP contribution in [0.2, 0.25) is 10.0 Å². The minimum Gasteiger partial charge on any atom is -0.494 e. The highest BCUT2D eigenvalue weighted by atomic mass is 35.5. The van der Waals surface area contributed by atoms with E-state index in [1.807, 2.05) is 31.2 Å². The number of nitrogens with zero attached hydrogens (tertiary/aromatic N) is 1. The normalized spacial score (nSPS) is 15.8. The Labute approximate surface area is 165 Å². The number of carbonyl (C=O) groups is 2. The summed E-state index contributed by atoms with van der Waals surface area (Å²) in [5.74, 6) is 0.442. The highest BCUT2D eigenvalue weighted by molar-refractivity contribution is 8.18. The molecule has 1 aliphatic heterocycles. The van der Waals surface area contributed by atoms with Gasteiger partial charge >= 0.3 is 0 Å². The molecular weight excluding hydrogens is 393 g/mol. The van der Waals surface area contributed by atoms with Crippen molar-refractivity contribution in [1.82, 2.24) is 4.90 Å². The molecule has 0 saturated carbocycles. The molecule has 0 unspecified atom stereocenters. The Hall–Kier alpha value is -1.95. The number of ether oxygens (including phenoxy) is 1. The summed E-state index contributed by atoms with van der Waals surface area (Å²) >= 11 is 12.8. The second-order valence-electron chi connectivity index (χ2n) is 5.52. The molecule has 1 fully saturated rings. The smallest absolute Gasteiger partial charge is 0.293 e. The Kier molecular flexibility index (Phi) is 5.91. The van der Waals surface area contributed by atoms with Gasteiger partial charge in [-0.3, -0.25) is 14.5 Å². The van der Waals surface area contributed by atoms with Crippen LogP contribution < -0.4 is 4.74 Å². The van der Waals surface area contributed by atoms with Crippen molar-refractivity contribution in [3.63, 3.8) is 0 Å². The average Bonchev–Trinajstić information content (AvgIpc) is 2.87. The number of benzene rings is 2. The molecule has 3 rings (SSSR count). The van der Waals surface area contributed by atoms with Crippen LogP contribution in [-0.4, -0.2) is 22.7 Å². The molecule has 1 saturated heterocycles. The van der Waals surface area contributed by atoms with Crippen molar-refractivity contribution in [3.8, 4) is 5.75 Å². The lowest BCUT2D eigenvalue weighted by Crippen LogP contribution is -2.27. The number of carbonyl (C=O) groups excluding carboxylic acids is 2. The molecule has 0 aliphatic carbocycles. The van der Waals surface area contributed by atoms with Crippen molar-refractivity contribution in [2.45, 2.75) is 13.5 Å². The topological polar surface area (TPSA) is 46.6 Å². The first-order valence-electron chi connectivity index (χ1n) is 7.90. The molecule has 1 heterocycles. The van der Waals surface area contributed by atoms with Gasteiger partial charge in [-0.2, -0.15) is 0 Å². The van der Waals surface area contributed by atoms with Gasteiger partial charge in [0.2, 0.25) is 0 Å². The first kappa shape index (κ1) is 18.8. The van der Waals surface area contributed by atoms with Crippen molar-refractivity contribution in [3.05, 3.63) is 68.5 Å². The van der Waals surface area contributed by atoms with Crippen LogP contribution in [0.3, 0.4) is 0 Å². The maximum atomic E-state index is 12.6. The first-order chi connectivity index (χ1) is 12.5. The third-order valence-electron chi connectivity index (χ3n) is 3.69. The van der Waals surface area contributed by atoms with Gasteiger partial charge in [0.1, 0.15) is 5.75 Å². The van der Waals surface area contributed by atoms with Crippen molar-refractivity contribution in [1.29, 1.82) is 0 Å². The fourth-order valence-electron chi connectivity index (χ4n) is 2.44. The van der Waals surface area contributed by atoms with Crippen molar-refractivity contribution < 1.29 is 14.3 Å². The van der Waals surface area contributed by atoms with Crippen LogP contribution >= 0.6 is 35.0 Å². The van der Waals surface area contributed by atoms with Crippen LogP contribution in [0.15, 0.2) is 47.4 Å². The van der Waals surface area contributed by atoms with E-state index in [0.29, 0.717) is 21.6 Å². The van der Waals surface area contributed by atoms with E-state index >= 15 is 0 Å². The summed E-state index contributed by atoms with van der Waals surface area (Å²) in [6.07, 6.45) is 1.70. The molecule has 26 heavy (non-hydrogen) atoms. The number of hydrogen-bond donors (Lipinski definition) is 0. The molecule has 2 aromatic rings. The monoisotopic (exact) mass is 407 g/mol. The van der Waals surface area contributed by atoms with Crippen molar-refractivity contribution in [2.75, 3.05) is 6.61 Å². The lowest BCUT2D eigenvalue weighted by Gasteiger charge is -2.12. The summed E-state index contributed by atoms with van der Waals surface area (Å²) in [4.78, 5) is 26.4. The number of imide groups is 1. The molecule has 0 spiro atoms. The van der Waals surface area contributed by atoms with E-state index in [-0.39, 0.29) is 17.7 Å². The van der Waals surface area contributed by atoms with E-state index in [1.165, 1.54) is 4.90 Å². The number of thioether (sulfide) groups is 1. The van der Waals surface area contributed by atoms with Crippen LogP contribution in [0.4, 0.5) is 4.79 Å². The summed E-state index contributed by atoms with van der Waals surface area (Å²) in [5.41, 5.74) is 1.57. The Bertz CT molecular complexity index is 881. The number of amides is 2. The second-order valence-corrected chi connectivity index (χ2v) is 7.33. The molecule has 0 atom stereocenters. The third-order valence-corrected chi connectivity index (χ3v) is 5.33. The quantitative estimate of drug-likeness (QED) is 0.602. The van der Waals surface area contributed by atoms with E-state index < -0.39 is 0 Å². The van der Waals surface area contributed by atoms with Crippen LogP contribution in [0.25, 0.3) is 6.08 Å². The summed E-state index contributed by atoms with van der Waals surface area (Å²) in [6.45, 7) is 2.66. The molecule has 2 aromatic carbocycles. The Morgan fingerprint density at radius 1 is 1.08 bits per heavy atom. The molecule has 7 heteroatoms. The maximum Gasteiger partial charge on any atom is 0.293 e. The standard InChI is InChI=1S/C19H15Cl2NO3S/c1-2-25-14-6-3-12(4-7-14)10-17-18(23)22(19(24)26-17)11-13-5-8-15(20)16(21)9-13/h3-10H,2,11H2,1H3/b17-10-. The SMILES string of the molecule is CCOc1ccc(/C=C2\SC(=O)N(Cc3ccc(Cl)c(Cl)c3)C2=O)cc1. The van der Waals surface area contributed by atoms with Gasteiger partial charge in [0, 0.05) is 0 Å². The van der Waals surface area contributed by atoms with Crippen molar-refractivity contribution >= 4 is 52.2 Å². The van der Waals surface area contributed by atoms with Gasteiger partial charge in [0.25, 0.3) is 11.1 Å². The fourth-order valence-corrected chi connectivity index (χ4v) is 3.59. The zero-order valence-electron chi connectivity index (χ0n) is 13.9. The molecule has 1 aliphatic rings. The van der Waals surface area contributed by atoms with E-state index in [1.54, 1.807) is 24.3 Å². The first-order valence-corrected chi connectivity index (χ1v) is 9.47. The van der Waals surface area contributed by atoms with Gasteiger partial charge in [-0.25, -0.2) is 0 Å². The molecule has 134 valence electrons. The number of hydrogen-bond acceptors (Lipinski definition) is 4. The minimum absolute atomic E-state index is 0.155. The summed E-state index contributed by atoms with van der Waals surface area (Å²) in [7, 11) is 0. The average molecular weight is 408 g/mol. The largest absolute Gasteiger partial charge is 0.494 e. The molecule has 2 amide bonds. The molecule has 0 N–H and O–H groups in total. The summed E-state index contributed by atoms with van der Waals surface area (Å²) in [5, 5.41) is 0.513. The Morgan fingerprint density at radius 2 is 1.81 bits per heavy atom. The molecule has 0 aromatic heterocycles. The fraction of sp³-hybridized carbons (Fsp3) is 0.158. The summed E-state index contributed by atoms with van der Waals surface area (Å²) in [6, 6.07) is 12.4. The number of rotatable bonds is 5. The molecule has 0 radical (unpaired) electrons. The Balaban J connectivity index is 1.76. The van der Waals surface area contributed by atoms with Crippen LogP contribution in [0, 0.1) is 0 Å². The second kappa shape index (κ2) is 8.16. The van der Waals surface area contributed by atoms with E-state index in [9.17, 15) is 9.59 Å². The summed E-state index contributed by atoms with van der Waals surface area (Å²) < 4.78 is 5.40. The molecular formula is C19H15Cl2NO3S. The van der Waals surface area contributed by atoms with E-state index in [2.05, 4.69) is 0 Å². The van der Waals surface area contributed by atoms with E-state index in [0.717, 1.165) is 28.6 Å². The van der Waals surface area contributed by atoms with Gasteiger partial charge in [0.15, 0.2) is 0 Å². The lowest BCUT2D eigenvalue weighted by molar-refractivity contribution is -0.123. The molecule has 4 nitrogen and oxygen atoms in total. The third kappa shape index (κ3) is 4.23. The van der Waals surface area contributed by atoms with E-state index in [4.69, 9.17) is 27.9 Å². The van der Waals surface area contributed by atoms with Gasteiger partial charge in [-0.1, -0.05) is 41.4 Å². The van der Waals surface area contributed by atoms with Crippen LogP contribution in [0.1, 0.15) is 18.1 Å². The zero-order valence-corrected chi connectivity index (χ0v) is 16.2. The minimum atomic E-state index is -0.319. The maximum absolute atomic E-state index is 12.6. The zero-order chi connectivity index (χ0) is 18.7. The highest BCUT2D eigenvalue weighted by Gasteiger charge is 2.35. The lowest BCUT2D eigenvalue weighted by atomic mass is 10.2. The number of halogens is 2. The van der Waals surface area contributed by atoms with Crippen molar-refractivity contribution in [2.24, 2.45) is 0 Å². The highest BCUT2D eigenvalue weighted by Crippen LogP contribution is 2.34. The van der Waals surface area contributed by atoms with Crippen LogP contribution in [-0.2, 0) is 11.3 Å². The van der Waals surface area contributed by atoms with Gasteiger partial charge < -0.3 is 4.74 Å². The van der Waals surface area contributed by atoms with Gasteiger partial charge in [0.05, 0.1) is 28.1 Å². The Morgan fingerprint density at radius 3 is 2.46 bits per heavy atom. The predicted octanol–water partition coefficient (Wildman–Crippen LogP) is 5.63. The van der Waals surface area contributed by atoms with Crippen LogP contribution in [0.5, 0.6) is 5.75 Å². The van der Waals surface area contributed by atoms with Gasteiger partial charge in [-0.15, -0.1) is 0 Å².